The van der Waals surface area contributed by atoms with Gasteiger partial charge in [-0.25, -0.2) is 25.4 Å². The van der Waals surface area contributed by atoms with Crippen LogP contribution in [0.15, 0.2) is 107 Å². The van der Waals surface area contributed by atoms with Gasteiger partial charge in [-0.15, -0.1) is 0 Å². The van der Waals surface area contributed by atoms with Gasteiger partial charge in [0.05, 0.1) is 21.2 Å². The first-order chi connectivity index (χ1) is 20.5. The molecule has 222 valence electrons. The second-order valence-electron chi connectivity index (χ2n) is 10.8. The lowest BCUT2D eigenvalue weighted by Gasteiger charge is -2.56. The molecule has 4 aromatic carbocycles. The molecule has 0 radical (unpaired) electrons. The van der Waals surface area contributed by atoms with E-state index in [0.717, 1.165) is 11.1 Å². The van der Waals surface area contributed by atoms with Crippen LogP contribution in [0.3, 0.4) is 0 Å². The zero-order chi connectivity index (χ0) is 30.5. The van der Waals surface area contributed by atoms with Crippen LogP contribution in [-0.4, -0.2) is 39.4 Å². The first-order valence-electron chi connectivity index (χ1n) is 13.9. The van der Waals surface area contributed by atoms with Gasteiger partial charge in [-0.2, -0.15) is 0 Å². The second-order valence-corrected chi connectivity index (χ2v) is 14.5. The summed E-state index contributed by atoms with van der Waals surface area (Å²) in [5.74, 6) is -0.990. The second kappa shape index (κ2) is 10.8. The summed E-state index contributed by atoms with van der Waals surface area (Å²) in [4.78, 5) is 13.5. The molecule has 11 heteroatoms. The number of hydrogen-bond donors (Lipinski definition) is 1. The van der Waals surface area contributed by atoms with Crippen LogP contribution in [0.1, 0.15) is 47.4 Å². The molecule has 2 bridgehead atoms. The Balaban J connectivity index is 1.63. The predicted octanol–water partition coefficient (Wildman–Crippen LogP) is 5.59. The van der Waals surface area contributed by atoms with E-state index >= 15 is 0 Å². The van der Waals surface area contributed by atoms with Crippen LogP contribution >= 0.6 is 0 Å². The van der Waals surface area contributed by atoms with Crippen LogP contribution in [0.25, 0.3) is 0 Å². The van der Waals surface area contributed by atoms with Gasteiger partial charge in [0, 0.05) is 24.1 Å². The van der Waals surface area contributed by atoms with Gasteiger partial charge in [0.1, 0.15) is 12.3 Å². The molecule has 2 atom stereocenters. The number of aryl methyl sites for hydroxylation is 2. The third-order valence-corrected chi connectivity index (χ3v) is 11.5. The molecular weight excluding hydrogens is 587 g/mol. The summed E-state index contributed by atoms with van der Waals surface area (Å²) in [6.45, 7) is 3.88. The van der Waals surface area contributed by atoms with Crippen molar-refractivity contribution < 1.29 is 26.7 Å². The quantitative estimate of drug-likeness (QED) is 0.274. The fraction of sp³-hybridized carbons (Fsp3) is 0.219. The molecule has 2 aliphatic rings. The van der Waals surface area contributed by atoms with E-state index in [4.69, 9.17) is 0 Å². The van der Waals surface area contributed by atoms with E-state index in [-0.39, 0.29) is 29.2 Å². The highest BCUT2D eigenvalue weighted by atomic mass is 32.2. The van der Waals surface area contributed by atoms with E-state index in [1.54, 1.807) is 102 Å². The number of carboxylic acids is 1. The Labute approximate surface area is 251 Å². The molecule has 43 heavy (non-hydrogen) atoms. The number of carbonyl (C=O) groups is 1. The fourth-order valence-electron chi connectivity index (χ4n) is 5.92. The number of nitrogens with zero attached hydrogens (tertiary/aromatic N) is 3. The Kier molecular flexibility index (Phi) is 7.27. The van der Waals surface area contributed by atoms with E-state index in [1.165, 1.54) is 8.61 Å². The highest BCUT2D eigenvalue weighted by molar-refractivity contribution is 7.93. The lowest BCUT2D eigenvalue weighted by molar-refractivity contribution is -0.137. The first kappa shape index (κ1) is 28.9. The zero-order valence-corrected chi connectivity index (χ0v) is 25.3. The maximum absolute atomic E-state index is 14.5. The van der Waals surface area contributed by atoms with Gasteiger partial charge in [0.25, 0.3) is 20.0 Å². The Bertz CT molecular complexity index is 1780. The highest BCUT2D eigenvalue weighted by Crippen LogP contribution is 2.56. The Morgan fingerprint density at radius 2 is 1.05 bits per heavy atom. The standard InChI is InChI=1S/C32H31N3O6S2/c1-22-13-17-24(18-14-22)42(38,39)34-28-10-5-3-8-26(28)32-33(21-7-12-30(36)37)31(34)27-9-4-6-11-29(27)35(32)43(40,41)25-19-15-23(2)16-20-25/h3-6,8-11,13-20,31-32H,7,12,21H2,1-2H3,(H,36,37)/t31-,32+. The average Bonchev–Trinajstić information content (AvgIpc) is 2.97. The van der Waals surface area contributed by atoms with Gasteiger partial charge in [-0.3, -0.25) is 9.69 Å². The molecule has 0 saturated heterocycles. The average molecular weight is 618 g/mol. The first-order valence-corrected chi connectivity index (χ1v) is 16.8. The number of sulfonamides is 2. The molecule has 0 aliphatic carbocycles. The van der Waals surface area contributed by atoms with Crippen molar-refractivity contribution in [2.24, 2.45) is 0 Å². The summed E-state index contributed by atoms with van der Waals surface area (Å²) in [7, 11) is -8.33. The van der Waals surface area contributed by atoms with E-state index in [1.807, 2.05) is 13.8 Å². The molecule has 9 nitrogen and oxygen atoms in total. The van der Waals surface area contributed by atoms with Crippen LogP contribution in [-0.2, 0) is 24.8 Å². The molecule has 0 fully saturated rings. The lowest BCUT2D eigenvalue weighted by Crippen LogP contribution is -2.59. The summed E-state index contributed by atoms with van der Waals surface area (Å²) in [6.07, 6.45) is -1.83. The largest absolute Gasteiger partial charge is 0.481 e. The van der Waals surface area contributed by atoms with Crippen molar-refractivity contribution in [3.05, 3.63) is 119 Å². The number of benzene rings is 4. The summed E-state index contributed by atoms with van der Waals surface area (Å²) in [5, 5.41) is 9.43. The lowest BCUT2D eigenvalue weighted by atomic mass is 9.95. The molecule has 4 aromatic rings. The van der Waals surface area contributed by atoms with Crippen molar-refractivity contribution in [1.29, 1.82) is 0 Å². The molecule has 6 rings (SSSR count). The van der Waals surface area contributed by atoms with Gasteiger partial charge in [-0.05, 0) is 56.7 Å². The Morgan fingerprint density at radius 1 is 0.651 bits per heavy atom. The SMILES string of the molecule is Cc1ccc(S(=O)(=O)N2c3ccccc3[C@H]3N(CCCC(=O)O)[C@H]2c2ccccc2N3S(=O)(=O)c2ccc(C)cc2)cc1. The topological polar surface area (TPSA) is 115 Å². The van der Waals surface area contributed by atoms with E-state index in [2.05, 4.69) is 0 Å². The number of para-hydroxylation sites is 2. The molecule has 2 heterocycles. The molecular formula is C32H31N3O6S2. The number of carboxylic acid groups (broad SMARTS) is 1. The minimum Gasteiger partial charge on any atom is -0.481 e. The molecule has 1 N–H and O–H groups in total. The Hall–Kier alpha value is -4.19. The normalized spacial score (nSPS) is 18.2. The van der Waals surface area contributed by atoms with Gasteiger partial charge in [0.15, 0.2) is 0 Å². The van der Waals surface area contributed by atoms with E-state index in [9.17, 15) is 26.7 Å². The van der Waals surface area contributed by atoms with E-state index in [0.29, 0.717) is 22.5 Å². The number of rotatable bonds is 8. The van der Waals surface area contributed by atoms with Gasteiger partial charge < -0.3 is 5.11 Å². The number of aliphatic carboxylic acids is 1. The highest BCUT2D eigenvalue weighted by Gasteiger charge is 2.54. The molecule has 0 aromatic heterocycles. The summed E-state index contributed by atoms with van der Waals surface area (Å²) >= 11 is 0. The van der Waals surface area contributed by atoms with Crippen LogP contribution in [0.2, 0.25) is 0 Å². The maximum atomic E-state index is 14.5. The van der Waals surface area contributed by atoms with Gasteiger partial charge in [-0.1, -0.05) is 71.8 Å². The minimum absolute atomic E-state index is 0.101. The Morgan fingerprint density at radius 3 is 1.44 bits per heavy atom. The van der Waals surface area contributed by atoms with Gasteiger partial charge in [0.2, 0.25) is 0 Å². The summed E-state index contributed by atoms with van der Waals surface area (Å²) in [6, 6.07) is 27.1. The molecule has 0 amide bonds. The van der Waals surface area contributed by atoms with Crippen LogP contribution < -0.4 is 8.61 Å². The van der Waals surface area contributed by atoms with Crippen molar-refractivity contribution in [2.45, 2.75) is 48.8 Å². The maximum Gasteiger partial charge on any atom is 0.303 e. The molecule has 0 saturated carbocycles. The molecule has 2 aliphatic heterocycles. The van der Waals surface area contributed by atoms with Crippen LogP contribution in [0, 0.1) is 13.8 Å². The third kappa shape index (κ3) is 4.87. The third-order valence-electron chi connectivity index (χ3n) is 7.94. The summed E-state index contributed by atoms with van der Waals surface area (Å²) in [5.41, 5.74) is 3.52. The van der Waals surface area contributed by atoms with Crippen molar-refractivity contribution in [2.75, 3.05) is 15.2 Å². The van der Waals surface area contributed by atoms with Crippen molar-refractivity contribution in [3.63, 3.8) is 0 Å². The smallest absolute Gasteiger partial charge is 0.303 e. The fourth-order valence-corrected chi connectivity index (χ4v) is 9.18. The zero-order valence-electron chi connectivity index (χ0n) is 23.7. The van der Waals surface area contributed by atoms with Crippen molar-refractivity contribution in [3.8, 4) is 0 Å². The van der Waals surface area contributed by atoms with Gasteiger partial charge >= 0.3 is 5.97 Å². The van der Waals surface area contributed by atoms with E-state index < -0.39 is 38.3 Å². The van der Waals surface area contributed by atoms with Crippen LogP contribution in [0.5, 0.6) is 0 Å². The van der Waals surface area contributed by atoms with Crippen molar-refractivity contribution in [1.82, 2.24) is 4.90 Å². The summed E-state index contributed by atoms with van der Waals surface area (Å²) < 4.78 is 60.7. The molecule has 0 unspecified atom stereocenters. The minimum atomic E-state index is -4.16. The number of hydrogen-bond acceptors (Lipinski definition) is 6. The molecule has 0 spiro atoms. The van der Waals surface area contributed by atoms with Crippen LogP contribution in [0.4, 0.5) is 11.4 Å². The number of anilines is 2. The monoisotopic (exact) mass is 617 g/mol. The number of fused-ring (bicyclic) bond motifs is 6. The predicted molar refractivity (Wildman–Crippen MR) is 164 cm³/mol. The van der Waals surface area contributed by atoms with Crippen molar-refractivity contribution >= 4 is 37.4 Å².